The third-order valence-corrected chi connectivity index (χ3v) is 5.11. The molecule has 2 atom stereocenters. The molecule has 0 aromatic heterocycles. The third kappa shape index (κ3) is 2.25. The standard InChI is InChI=1S/C19H24O/c1-14-13-18(2,3)10-11-19(14,20)17-9-8-15-6-4-5-7-16(15)12-17/h4-9,12,14,20H,10-11,13H2,1-3H3. The maximum absolute atomic E-state index is 11.2. The highest BCUT2D eigenvalue weighted by molar-refractivity contribution is 5.83. The Balaban J connectivity index is 2.01. The summed E-state index contributed by atoms with van der Waals surface area (Å²) in [5.41, 5.74) is 0.765. The van der Waals surface area contributed by atoms with Gasteiger partial charge in [-0.05, 0) is 53.0 Å². The van der Waals surface area contributed by atoms with E-state index in [0.717, 1.165) is 24.8 Å². The summed E-state index contributed by atoms with van der Waals surface area (Å²) in [4.78, 5) is 0. The van der Waals surface area contributed by atoms with Crippen molar-refractivity contribution >= 4 is 10.8 Å². The van der Waals surface area contributed by atoms with Gasteiger partial charge in [0.25, 0.3) is 0 Å². The minimum absolute atomic E-state index is 0.299. The predicted octanol–water partition coefficient (Wildman–Crippen LogP) is 4.87. The van der Waals surface area contributed by atoms with Gasteiger partial charge < -0.3 is 5.11 Å². The maximum atomic E-state index is 11.2. The van der Waals surface area contributed by atoms with E-state index in [-0.39, 0.29) is 0 Å². The summed E-state index contributed by atoms with van der Waals surface area (Å²) in [5.74, 6) is 0.299. The van der Waals surface area contributed by atoms with Crippen LogP contribution in [0.1, 0.15) is 45.6 Å². The van der Waals surface area contributed by atoms with Crippen LogP contribution in [0, 0.1) is 11.3 Å². The van der Waals surface area contributed by atoms with Crippen LogP contribution in [-0.4, -0.2) is 5.11 Å². The average Bonchev–Trinajstić information content (AvgIpc) is 2.42. The SMILES string of the molecule is CC1CC(C)(C)CCC1(O)c1ccc2ccccc2c1. The lowest BCUT2D eigenvalue weighted by atomic mass is 9.63. The summed E-state index contributed by atoms with van der Waals surface area (Å²) in [6.45, 7) is 6.81. The van der Waals surface area contributed by atoms with Crippen LogP contribution in [0.15, 0.2) is 42.5 Å². The molecule has 1 N–H and O–H groups in total. The van der Waals surface area contributed by atoms with E-state index in [0.29, 0.717) is 11.3 Å². The van der Waals surface area contributed by atoms with Gasteiger partial charge in [-0.1, -0.05) is 57.2 Å². The van der Waals surface area contributed by atoms with Crippen molar-refractivity contribution in [2.75, 3.05) is 0 Å². The number of hydrogen-bond donors (Lipinski definition) is 1. The lowest BCUT2D eigenvalue weighted by Crippen LogP contribution is -2.41. The van der Waals surface area contributed by atoms with Gasteiger partial charge >= 0.3 is 0 Å². The summed E-state index contributed by atoms with van der Waals surface area (Å²) >= 11 is 0. The zero-order chi connectivity index (χ0) is 14.4. The highest BCUT2D eigenvalue weighted by Gasteiger charge is 2.43. The van der Waals surface area contributed by atoms with Crippen molar-refractivity contribution in [1.29, 1.82) is 0 Å². The van der Waals surface area contributed by atoms with Gasteiger partial charge in [0.2, 0.25) is 0 Å². The normalized spacial score (nSPS) is 29.5. The number of aliphatic hydroxyl groups is 1. The van der Waals surface area contributed by atoms with E-state index in [2.05, 4.69) is 63.2 Å². The zero-order valence-electron chi connectivity index (χ0n) is 12.7. The molecule has 0 bridgehead atoms. The first-order chi connectivity index (χ1) is 9.41. The average molecular weight is 268 g/mol. The fourth-order valence-electron chi connectivity index (χ4n) is 3.76. The summed E-state index contributed by atoms with van der Waals surface area (Å²) in [5, 5.41) is 13.7. The van der Waals surface area contributed by atoms with Crippen molar-refractivity contribution in [3.05, 3.63) is 48.0 Å². The van der Waals surface area contributed by atoms with Crippen molar-refractivity contribution in [2.45, 2.75) is 45.6 Å². The van der Waals surface area contributed by atoms with Gasteiger partial charge in [0.05, 0.1) is 5.60 Å². The first kappa shape index (κ1) is 13.6. The smallest absolute Gasteiger partial charge is 0.0922 e. The first-order valence-corrected chi connectivity index (χ1v) is 7.62. The Bertz CT molecular complexity index is 628. The first-order valence-electron chi connectivity index (χ1n) is 7.62. The van der Waals surface area contributed by atoms with Crippen LogP contribution in [0.2, 0.25) is 0 Å². The molecule has 1 fully saturated rings. The quantitative estimate of drug-likeness (QED) is 0.782. The van der Waals surface area contributed by atoms with Gasteiger partial charge in [0.15, 0.2) is 0 Å². The molecular weight excluding hydrogens is 244 g/mol. The number of fused-ring (bicyclic) bond motifs is 1. The molecule has 1 nitrogen and oxygen atoms in total. The lowest BCUT2D eigenvalue weighted by Gasteiger charge is -2.45. The molecule has 0 saturated heterocycles. The number of hydrogen-bond acceptors (Lipinski definition) is 1. The fraction of sp³-hybridized carbons (Fsp3) is 0.474. The van der Waals surface area contributed by atoms with Crippen molar-refractivity contribution < 1.29 is 5.11 Å². The second kappa shape index (κ2) is 4.60. The van der Waals surface area contributed by atoms with E-state index >= 15 is 0 Å². The Kier molecular flexibility index (Phi) is 3.13. The summed E-state index contributed by atoms with van der Waals surface area (Å²) in [6, 6.07) is 14.8. The highest BCUT2D eigenvalue weighted by atomic mass is 16.3. The van der Waals surface area contributed by atoms with E-state index in [1.54, 1.807) is 0 Å². The van der Waals surface area contributed by atoms with E-state index in [1.807, 2.05) is 0 Å². The Morgan fingerprint density at radius 3 is 2.40 bits per heavy atom. The number of benzene rings is 2. The molecule has 2 aromatic rings. The minimum atomic E-state index is -0.667. The van der Waals surface area contributed by atoms with Crippen LogP contribution in [-0.2, 0) is 5.60 Å². The van der Waals surface area contributed by atoms with Crippen LogP contribution in [0.3, 0.4) is 0 Å². The fourth-order valence-corrected chi connectivity index (χ4v) is 3.76. The van der Waals surface area contributed by atoms with Crippen LogP contribution in [0.4, 0.5) is 0 Å². The second-order valence-electron chi connectivity index (χ2n) is 7.26. The molecule has 0 aliphatic heterocycles. The van der Waals surface area contributed by atoms with E-state index in [1.165, 1.54) is 10.8 Å². The van der Waals surface area contributed by atoms with Crippen molar-refractivity contribution in [2.24, 2.45) is 11.3 Å². The topological polar surface area (TPSA) is 20.2 Å². The molecule has 0 spiro atoms. The van der Waals surface area contributed by atoms with E-state index in [9.17, 15) is 5.11 Å². The molecule has 106 valence electrons. The van der Waals surface area contributed by atoms with Crippen molar-refractivity contribution in [3.63, 3.8) is 0 Å². The molecule has 1 saturated carbocycles. The van der Waals surface area contributed by atoms with E-state index in [4.69, 9.17) is 0 Å². The predicted molar refractivity (Wildman–Crippen MR) is 84.6 cm³/mol. The Hall–Kier alpha value is -1.34. The Morgan fingerprint density at radius 2 is 1.70 bits per heavy atom. The minimum Gasteiger partial charge on any atom is -0.385 e. The molecule has 0 radical (unpaired) electrons. The molecule has 1 aliphatic rings. The molecule has 3 rings (SSSR count). The van der Waals surface area contributed by atoms with Gasteiger partial charge in [-0.2, -0.15) is 0 Å². The number of rotatable bonds is 1. The van der Waals surface area contributed by atoms with Gasteiger partial charge in [-0.15, -0.1) is 0 Å². The van der Waals surface area contributed by atoms with Crippen LogP contribution in [0.25, 0.3) is 10.8 Å². The van der Waals surface area contributed by atoms with Crippen LogP contribution >= 0.6 is 0 Å². The molecule has 1 heteroatoms. The zero-order valence-corrected chi connectivity index (χ0v) is 12.7. The van der Waals surface area contributed by atoms with Crippen molar-refractivity contribution in [1.82, 2.24) is 0 Å². The van der Waals surface area contributed by atoms with Gasteiger partial charge in [-0.3, -0.25) is 0 Å². The molecule has 2 unspecified atom stereocenters. The Morgan fingerprint density at radius 1 is 1.00 bits per heavy atom. The molecular formula is C19H24O. The molecule has 2 aromatic carbocycles. The monoisotopic (exact) mass is 268 g/mol. The van der Waals surface area contributed by atoms with Crippen LogP contribution < -0.4 is 0 Å². The summed E-state index contributed by atoms with van der Waals surface area (Å²) in [6.07, 6.45) is 3.02. The maximum Gasteiger partial charge on any atom is 0.0922 e. The summed E-state index contributed by atoms with van der Waals surface area (Å²) in [7, 11) is 0. The summed E-state index contributed by atoms with van der Waals surface area (Å²) < 4.78 is 0. The molecule has 0 heterocycles. The second-order valence-corrected chi connectivity index (χ2v) is 7.26. The van der Waals surface area contributed by atoms with E-state index < -0.39 is 5.60 Å². The van der Waals surface area contributed by atoms with Gasteiger partial charge in [-0.25, -0.2) is 0 Å². The third-order valence-electron chi connectivity index (χ3n) is 5.11. The van der Waals surface area contributed by atoms with Crippen LogP contribution in [0.5, 0.6) is 0 Å². The van der Waals surface area contributed by atoms with Crippen molar-refractivity contribution in [3.8, 4) is 0 Å². The lowest BCUT2D eigenvalue weighted by molar-refractivity contribution is -0.0768. The molecule has 20 heavy (non-hydrogen) atoms. The molecule has 1 aliphatic carbocycles. The van der Waals surface area contributed by atoms with Gasteiger partial charge in [0.1, 0.15) is 0 Å². The highest BCUT2D eigenvalue weighted by Crippen LogP contribution is 2.48. The largest absolute Gasteiger partial charge is 0.385 e. The Labute approximate surface area is 121 Å². The van der Waals surface area contributed by atoms with Gasteiger partial charge in [0, 0.05) is 0 Å². The molecule has 0 amide bonds.